The van der Waals surface area contributed by atoms with Crippen LogP contribution in [0.2, 0.25) is 0 Å². The first-order chi connectivity index (χ1) is 21.3. The van der Waals surface area contributed by atoms with Crippen LogP contribution in [0, 0.1) is 11.2 Å². The van der Waals surface area contributed by atoms with Crippen LogP contribution in [0.15, 0.2) is 48.4 Å². The number of fused-ring (bicyclic) bond motifs is 2. The third kappa shape index (κ3) is 4.23. The first-order valence-corrected chi connectivity index (χ1v) is 15.2. The highest BCUT2D eigenvalue weighted by Crippen LogP contribution is 2.42. The van der Waals surface area contributed by atoms with Gasteiger partial charge in [0.1, 0.15) is 5.82 Å². The number of hydrogen-bond donors (Lipinski definition) is 2. The van der Waals surface area contributed by atoms with E-state index >= 15 is 4.39 Å². The SMILES string of the molecule is O=C(Nc1nccs1)C(c1ncn2c1CCC2)N1Cc2c(F)cc(-c3ccc(N4CC5(CN(C(=O)O)C5)C4)cn3)cc2C1=O. The average Bonchev–Trinajstić information content (AvgIpc) is 3.76. The van der Waals surface area contributed by atoms with Crippen molar-refractivity contribution in [1.82, 2.24) is 29.3 Å². The van der Waals surface area contributed by atoms with Gasteiger partial charge in [0.05, 0.1) is 36.1 Å². The smallest absolute Gasteiger partial charge is 0.407 e. The maximum Gasteiger partial charge on any atom is 0.407 e. The number of amides is 3. The molecule has 3 amide bonds. The second-order valence-electron chi connectivity index (χ2n) is 11.9. The van der Waals surface area contributed by atoms with Gasteiger partial charge in [0.15, 0.2) is 11.2 Å². The van der Waals surface area contributed by atoms with E-state index in [1.165, 1.54) is 27.2 Å². The summed E-state index contributed by atoms with van der Waals surface area (Å²) >= 11 is 1.27. The van der Waals surface area contributed by atoms with Crippen LogP contribution < -0.4 is 10.2 Å². The Morgan fingerprint density at radius 3 is 2.68 bits per heavy atom. The number of thiazole rings is 1. The molecule has 1 aromatic carbocycles. The van der Waals surface area contributed by atoms with Crippen molar-refractivity contribution in [2.45, 2.75) is 32.0 Å². The van der Waals surface area contributed by atoms with Gasteiger partial charge < -0.3 is 24.4 Å². The Balaban J connectivity index is 1.04. The molecule has 1 unspecified atom stereocenters. The molecule has 0 aliphatic carbocycles. The van der Waals surface area contributed by atoms with Crippen molar-refractivity contribution in [1.29, 1.82) is 0 Å². The van der Waals surface area contributed by atoms with Gasteiger partial charge in [-0.1, -0.05) is 0 Å². The van der Waals surface area contributed by atoms with Crippen LogP contribution in [-0.2, 0) is 24.3 Å². The number of halogens is 1. The quantitative estimate of drug-likeness (QED) is 0.336. The minimum Gasteiger partial charge on any atom is -0.465 e. The number of rotatable bonds is 6. The normalized spacial score (nSPS) is 18.6. The van der Waals surface area contributed by atoms with Gasteiger partial charge in [-0.2, -0.15) is 0 Å². The zero-order valence-corrected chi connectivity index (χ0v) is 24.3. The van der Waals surface area contributed by atoms with Crippen LogP contribution in [0.4, 0.5) is 20.0 Å². The van der Waals surface area contributed by atoms with E-state index in [2.05, 4.69) is 25.2 Å². The summed E-state index contributed by atoms with van der Waals surface area (Å²) in [4.78, 5) is 56.9. The molecule has 2 saturated heterocycles. The molecule has 0 saturated carbocycles. The molecule has 12 nitrogen and oxygen atoms in total. The van der Waals surface area contributed by atoms with Crippen LogP contribution in [-0.4, -0.2) is 78.5 Å². The molecular weight excluding hydrogens is 587 g/mol. The average molecular weight is 615 g/mol. The number of nitrogens with one attached hydrogen (secondary N) is 1. The molecule has 3 aromatic heterocycles. The summed E-state index contributed by atoms with van der Waals surface area (Å²) in [6.07, 6.45) is 5.77. The number of imidazole rings is 1. The predicted molar refractivity (Wildman–Crippen MR) is 158 cm³/mol. The highest BCUT2D eigenvalue weighted by molar-refractivity contribution is 7.13. The fourth-order valence-corrected chi connectivity index (χ4v) is 7.47. The van der Waals surface area contributed by atoms with Crippen LogP contribution in [0.25, 0.3) is 11.3 Å². The Labute approximate surface area is 254 Å². The number of anilines is 2. The number of pyridine rings is 1. The molecule has 8 rings (SSSR count). The number of aromatic nitrogens is 4. The maximum atomic E-state index is 15.6. The Morgan fingerprint density at radius 1 is 1.11 bits per heavy atom. The molecule has 0 radical (unpaired) electrons. The summed E-state index contributed by atoms with van der Waals surface area (Å²) in [7, 11) is 0. The number of benzene rings is 1. The fraction of sp³-hybridized carbons (Fsp3) is 0.333. The van der Waals surface area contributed by atoms with Crippen molar-refractivity contribution in [3.05, 3.63) is 76.7 Å². The number of carbonyl (C=O) groups excluding carboxylic acids is 2. The molecule has 4 aliphatic rings. The zero-order chi connectivity index (χ0) is 30.2. The van der Waals surface area contributed by atoms with Gasteiger partial charge in [-0.05, 0) is 37.1 Å². The van der Waals surface area contributed by atoms with Crippen LogP contribution in [0.3, 0.4) is 0 Å². The summed E-state index contributed by atoms with van der Waals surface area (Å²) in [5.74, 6) is -1.43. The lowest BCUT2D eigenvalue weighted by atomic mass is 9.73. The number of carbonyl (C=O) groups is 3. The van der Waals surface area contributed by atoms with Gasteiger partial charge in [0, 0.05) is 72.1 Å². The van der Waals surface area contributed by atoms with E-state index in [4.69, 9.17) is 5.11 Å². The molecule has 224 valence electrons. The number of likely N-dealkylation sites (tertiary alicyclic amines) is 1. The summed E-state index contributed by atoms with van der Waals surface area (Å²) in [5, 5.41) is 14.1. The molecule has 1 atom stereocenters. The van der Waals surface area contributed by atoms with Gasteiger partial charge in [-0.15, -0.1) is 11.3 Å². The van der Waals surface area contributed by atoms with E-state index in [9.17, 15) is 14.4 Å². The lowest BCUT2D eigenvalue weighted by Crippen LogP contribution is -2.73. The van der Waals surface area contributed by atoms with Crippen molar-refractivity contribution in [3.63, 3.8) is 0 Å². The third-order valence-electron chi connectivity index (χ3n) is 9.07. The van der Waals surface area contributed by atoms with Gasteiger partial charge in [0.2, 0.25) is 0 Å². The Morgan fingerprint density at radius 2 is 1.95 bits per heavy atom. The Hall–Kier alpha value is -4.85. The van der Waals surface area contributed by atoms with E-state index < -0.39 is 29.8 Å². The Kier molecular flexibility index (Phi) is 5.98. The fourth-order valence-electron chi connectivity index (χ4n) is 6.94. The Bertz CT molecular complexity index is 1810. The molecule has 2 fully saturated rings. The third-order valence-corrected chi connectivity index (χ3v) is 9.76. The predicted octanol–water partition coefficient (Wildman–Crippen LogP) is 3.62. The zero-order valence-electron chi connectivity index (χ0n) is 23.4. The minimum absolute atomic E-state index is 0.0120. The van der Waals surface area contributed by atoms with Crippen molar-refractivity contribution < 1.29 is 23.9 Å². The summed E-state index contributed by atoms with van der Waals surface area (Å²) < 4.78 is 17.6. The van der Waals surface area contributed by atoms with Crippen molar-refractivity contribution in [2.24, 2.45) is 5.41 Å². The van der Waals surface area contributed by atoms with E-state index in [1.807, 2.05) is 10.6 Å². The highest BCUT2D eigenvalue weighted by Gasteiger charge is 2.53. The summed E-state index contributed by atoms with van der Waals surface area (Å²) in [5.41, 5.74) is 3.74. The monoisotopic (exact) mass is 614 g/mol. The van der Waals surface area contributed by atoms with E-state index in [1.54, 1.807) is 36.2 Å². The second-order valence-corrected chi connectivity index (χ2v) is 12.8. The van der Waals surface area contributed by atoms with Crippen LogP contribution in [0.1, 0.15) is 39.8 Å². The van der Waals surface area contributed by atoms with Gasteiger partial charge >= 0.3 is 6.09 Å². The topological polar surface area (TPSA) is 137 Å². The van der Waals surface area contributed by atoms with Crippen molar-refractivity contribution >= 4 is 40.1 Å². The molecule has 2 N–H and O–H groups in total. The largest absolute Gasteiger partial charge is 0.465 e. The standard InChI is InChI=1S/C30H27FN8O4S/c31-21-9-17(22-4-3-18(10-33-22)37-12-30(13-37)14-38(15-30)29(42)43)8-19-20(21)11-39(27(19)41)25(26(40)35-28-32-5-7-44-28)24-23-2-1-6-36(23)16-34-24/h3-5,7-10,16,25H,1-2,6,11-15H2,(H,42,43)(H,32,35,40). The molecule has 44 heavy (non-hydrogen) atoms. The first kappa shape index (κ1) is 26.8. The number of aryl methyl sites for hydroxylation is 1. The molecule has 4 aliphatic heterocycles. The maximum absolute atomic E-state index is 15.6. The van der Waals surface area contributed by atoms with Gasteiger partial charge in [-0.3, -0.25) is 19.9 Å². The molecule has 0 bridgehead atoms. The molecule has 7 heterocycles. The number of hydrogen-bond acceptors (Lipinski definition) is 8. The lowest BCUT2D eigenvalue weighted by molar-refractivity contribution is -0.121. The summed E-state index contributed by atoms with van der Waals surface area (Å²) in [6, 6.07) is 5.67. The molecule has 14 heteroatoms. The number of nitrogens with zero attached hydrogens (tertiary/aromatic N) is 7. The molecule has 1 spiro atoms. The lowest BCUT2D eigenvalue weighted by Gasteiger charge is -2.60. The molecule has 4 aromatic rings. The van der Waals surface area contributed by atoms with Crippen LogP contribution >= 0.6 is 11.3 Å². The van der Waals surface area contributed by atoms with Crippen molar-refractivity contribution in [2.75, 3.05) is 36.4 Å². The van der Waals surface area contributed by atoms with Crippen molar-refractivity contribution in [3.8, 4) is 11.3 Å². The minimum atomic E-state index is -1.05. The number of carboxylic acid groups (broad SMARTS) is 1. The van der Waals surface area contributed by atoms with Crippen LogP contribution in [0.5, 0.6) is 0 Å². The molecular formula is C30H27FN8O4S. The van der Waals surface area contributed by atoms with E-state index in [0.717, 1.165) is 43.9 Å². The van der Waals surface area contributed by atoms with Gasteiger partial charge in [-0.25, -0.2) is 19.2 Å². The highest BCUT2D eigenvalue weighted by atomic mass is 32.1. The summed E-state index contributed by atoms with van der Waals surface area (Å²) in [6.45, 7) is 3.33. The van der Waals surface area contributed by atoms with Gasteiger partial charge in [0.25, 0.3) is 11.8 Å². The van der Waals surface area contributed by atoms with E-state index in [-0.39, 0.29) is 23.1 Å². The van der Waals surface area contributed by atoms with E-state index in [0.29, 0.717) is 35.2 Å². The second kappa shape index (κ2) is 9.84. The first-order valence-electron chi connectivity index (χ1n) is 14.4.